The van der Waals surface area contributed by atoms with E-state index in [-0.39, 0.29) is 37.3 Å². The number of benzene rings is 1. The Bertz CT molecular complexity index is 2080. The molecule has 21 nitrogen and oxygen atoms in total. The van der Waals surface area contributed by atoms with Crippen LogP contribution in [0.1, 0.15) is 94.1 Å². The number of likely N-dealkylation sites (N-methyl/N-ethyl adjacent to an activating group) is 2. The van der Waals surface area contributed by atoms with Gasteiger partial charge in [0.05, 0.1) is 13.2 Å². The topological polar surface area (TPSA) is 275 Å². The first-order valence-corrected chi connectivity index (χ1v) is 24.9. The second-order valence-electron chi connectivity index (χ2n) is 18.0. The van der Waals surface area contributed by atoms with Crippen LogP contribution in [-0.4, -0.2) is 146 Å². The van der Waals surface area contributed by atoms with E-state index in [1.807, 2.05) is 20.8 Å². The van der Waals surface area contributed by atoms with Crippen molar-refractivity contribution in [3.63, 3.8) is 0 Å². The third-order valence-electron chi connectivity index (χ3n) is 11.9. The van der Waals surface area contributed by atoms with Gasteiger partial charge in [0.1, 0.15) is 36.4 Å². The van der Waals surface area contributed by atoms with Gasteiger partial charge in [0.15, 0.2) is 6.10 Å². The fraction of sp³-hybridized carbons (Fsp3) is 0.625. The molecule has 392 valence electrons. The van der Waals surface area contributed by atoms with E-state index in [2.05, 4.69) is 25.8 Å². The fourth-order valence-corrected chi connectivity index (χ4v) is 7.67. The minimum Gasteiger partial charge on any atom is -0.456 e. The monoisotopic (exact) mass is 1010 g/mol. The highest BCUT2D eigenvalue weighted by molar-refractivity contribution is 7.47. The van der Waals surface area contributed by atoms with E-state index in [0.29, 0.717) is 17.6 Å². The molecular weight excluding hydrogens is 932 g/mol. The van der Waals surface area contributed by atoms with E-state index in [9.17, 15) is 47.8 Å². The second-order valence-corrected chi connectivity index (χ2v) is 19.6. The van der Waals surface area contributed by atoms with Crippen LogP contribution >= 0.6 is 7.82 Å². The third kappa shape index (κ3) is 19.3. The van der Waals surface area contributed by atoms with Crippen molar-refractivity contribution in [1.29, 1.82) is 0 Å². The zero-order chi connectivity index (χ0) is 53.0. The Kier molecular flexibility index (Phi) is 25.0. The number of cyclic esters (lactones) is 2. The molecule has 1 aromatic carbocycles. The van der Waals surface area contributed by atoms with Crippen LogP contribution in [0.15, 0.2) is 53.6 Å². The van der Waals surface area contributed by atoms with E-state index >= 15 is 0 Å². The Labute approximate surface area is 411 Å². The molecular formula is C48H75N6O15P. The average molecular weight is 1010 g/mol. The summed E-state index contributed by atoms with van der Waals surface area (Å²) in [5, 5.41) is 10.4. The first-order chi connectivity index (χ1) is 32.8. The summed E-state index contributed by atoms with van der Waals surface area (Å²) in [7, 11) is -0.571. The highest BCUT2D eigenvalue weighted by Crippen LogP contribution is 2.41. The van der Waals surface area contributed by atoms with E-state index in [4.69, 9.17) is 18.7 Å². The summed E-state index contributed by atoms with van der Waals surface area (Å²) in [6.45, 7) is 15.2. The minimum atomic E-state index is -4.34. The first kappa shape index (κ1) is 60.5. The largest absolute Gasteiger partial charge is 0.471 e. The molecule has 22 heteroatoms. The fourth-order valence-electron chi connectivity index (χ4n) is 7.24. The standard InChI is InChI=1S/C48H75N6O15P/c1-14-29(5)40-43(57)51-34(10)47(61)69-41(30(6)15-2)32(8)37(68-48(62)49-23-24-66-70(63,64)65-13)22-21-31(7)46(60)67-38(25-28(3)4)42(56)50-33(9)44(58)54(12)36(26-35-19-17-16-18-20-35)45(59)53(11)27-39(55)52-40/h15-21,28-29,32-34,36-38,40-41H,14,22-27H2,1-13H3,(H,49,62)(H,50,56)(H,51,57)(H,52,55)(H,63,64)/b30-15+,31-21+/t29?,32-,33-,34+,36+,37-,38+,40-,41+/m0/s1. The maximum absolute atomic E-state index is 14.2. The lowest BCUT2D eigenvalue weighted by molar-refractivity contribution is -0.155. The lowest BCUT2D eigenvalue weighted by atomic mass is 9.90. The van der Waals surface area contributed by atoms with Gasteiger partial charge in [0, 0.05) is 52.1 Å². The predicted octanol–water partition coefficient (Wildman–Crippen LogP) is 3.74. The number of phosphoric ester groups is 1. The zero-order valence-corrected chi connectivity index (χ0v) is 43.7. The number of amides is 6. The number of rotatable bonds is 13. The smallest absolute Gasteiger partial charge is 0.456 e. The molecule has 0 fully saturated rings. The summed E-state index contributed by atoms with van der Waals surface area (Å²) in [5.74, 6) is -6.64. The number of allylic oxidation sites excluding steroid dienone is 1. The molecule has 2 rings (SSSR count). The lowest BCUT2D eigenvalue weighted by Crippen LogP contribution is -2.57. The molecule has 0 bridgehead atoms. The Morgan fingerprint density at radius 1 is 0.957 bits per heavy atom. The van der Waals surface area contributed by atoms with Crippen LogP contribution in [0, 0.1) is 17.8 Å². The van der Waals surface area contributed by atoms with Crippen molar-refractivity contribution >= 4 is 55.4 Å². The number of alkyl carbamates (subject to hydrolysis) is 1. The van der Waals surface area contributed by atoms with Crippen LogP contribution in [0.25, 0.3) is 0 Å². The number of phosphoric acid groups is 1. The van der Waals surface area contributed by atoms with Gasteiger partial charge < -0.3 is 50.2 Å². The zero-order valence-electron chi connectivity index (χ0n) is 42.8. The summed E-state index contributed by atoms with van der Waals surface area (Å²) in [6.07, 6.45) is -1.08. The number of esters is 2. The van der Waals surface area contributed by atoms with Crippen molar-refractivity contribution in [3.8, 4) is 0 Å². The Morgan fingerprint density at radius 2 is 1.59 bits per heavy atom. The van der Waals surface area contributed by atoms with Crippen LogP contribution in [0.2, 0.25) is 0 Å². The maximum Gasteiger partial charge on any atom is 0.471 e. The SMILES string of the molecule is C/C=C(\C)[C@H]1OC(=O)[C@@H](C)NC(=O)[C@H](C(C)CC)NC(=O)CN(C)C(=O)[C@@H](Cc2ccccc2)N(C)C(=O)[C@H](C)NC(=O)[C@@H](CC(C)C)OC(=O)/C(C)=C/C[C@H](OC(=O)NCCOP(=O)(O)OC)[C@@H]1C. The van der Waals surface area contributed by atoms with Crippen LogP contribution in [0.4, 0.5) is 4.79 Å². The highest BCUT2D eigenvalue weighted by Gasteiger charge is 2.38. The van der Waals surface area contributed by atoms with Gasteiger partial charge in [-0.3, -0.25) is 33.0 Å². The number of carbonyl (C=O) groups is 8. The molecule has 1 aliphatic heterocycles. The third-order valence-corrected chi connectivity index (χ3v) is 12.9. The molecule has 0 aliphatic carbocycles. The molecule has 70 heavy (non-hydrogen) atoms. The first-order valence-electron chi connectivity index (χ1n) is 23.4. The van der Waals surface area contributed by atoms with Crippen LogP contribution in [0.5, 0.6) is 0 Å². The van der Waals surface area contributed by atoms with Crippen LogP contribution in [0.3, 0.4) is 0 Å². The summed E-state index contributed by atoms with van der Waals surface area (Å²) < 4.78 is 38.4. The van der Waals surface area contributed by atoms with Gasteiger partial charge in [-0.1, -0.05) is 83.5 Å². The van der Waals surface area contributed by atoms with Crippen molar-refractivity contribution in [2.24, 2.45) is 17.8 Å². The van der Waals surface area contributed by atoms with E-state index in [0.717, 1.165) is 12.0 Å². The lowest BCUT2D eigenvalue weighted by Gasteiger charge is -2.33. The number of nitrogens with one attached hydrogen (secondary N) is 4. The van der Waals surface area contributed by atoms with Crippen molar-refractivity contribution in [1.82, 2.24) is 31.1 Å². The number of ether oxygens (including phenoxy) is 3. The number of hydrogen-bond acceptors (Lipinski definition) is 14. The summed E-state index contributed by atoms with van der Waals surface area (Å²) in [4.78, 5) is 122. The Balaban J connectivity index is 2.71. The van der Waals surface area contributed by atoms with Gasteiger partial charge in [-0.15, -0.1) is 0 Å². The van der Waals surface area contributed by atoms with Crippen molar-refractivity contribution in [2.45, 2.75) is 137 Å². The molecule has 0 radical (unpaired) electrons. The average Bonchev–Trinajstić information content (AvgIpc) is 3.32. The molecule has 0 saturated carbocycles. The van der Waals surface area contributed by atoms with Gasteiger partial charge in [-0.05, 0) is 64.0 Å². The maximum atomic E-state index is 14.2. The molecule has 6 amide bonds. The molecule has 2 unspecified atom stereocenters. The summed E-state index contributed by atoms with van der Waals surface area (Å²) >= 11 is 0. The number of nitrogens with zero attached hydrogens (tertiary/aromatic N) is 2. The van der Waals surface area contributed by atoms with Gasteiger partial charge in [0.25, 0.3) is 5.91 Å². The van der Waals surface area contributed by atoms with Crippen LogP contribution < -0.4 is 21.3 Å². The van der Waals surface area contributed by atoms with Gasteiger partial charge in [-0.25, -0.2) is 18.9 Å². The molecule has 1 aromatic rings. The van der Waals surface area contributed by atoms with E-state index < -0.39 is 123 Å². The Hall–Kier alpha value is -5.63. The van der Waals surface area contributed by atoms with Gasteiger partial charge >= 0.3 is 25.9 Å². The van der Waals surface area contributed by atoms with Crippen LogP contribution in [-0.2, 0) is 67.8 Å². The summed E-state index contributed by atoms with van der Waals surface area (Å²) in [5.41, 5.74) is 1.25. The number of hydrogen-bond donors (Lipinski definition) is 5. The molecule has 0 saturated heterocycles. The van der Waals surface area contributed by atoms with Gasteiger partial charge in [0.2, 0.25) is 23.6 Å². The summed E-state index contributed by atoms with van der Waals surface area (Å²) in [6, 6.07) is 4.11. The quantitative estimate of drug-likeness (QED) is 0.0619. The highest BCUT2D eigenvalue weighted by atomic mass is 31.2. The normalized spacial score (nSPS) is 26.9. The molecule has 10 atom stereocenters. The molecule has 0 aromatic heterocycles. The van der Waals surface area contributed by atoms with E-state index in [1.54, 1.807) is 64.1 Å². The van der Waals surface area contributed by atoms with Crippen molar-refractivity contribution in [3.05, 3.63) is 59.2 Å². The van der Waals surface area contributed by atoms with E-state index in [1.165, 1.54) is 45.8 Å². The Morgan fingerprint density at radius 3 is 2.17 bits per heavy atom. The van der Waals surface area contributed by atoms with Crippen molar-refractivity contribution in [2.75, 3.05) is 40.9 Å². The molecule has 5 N–H and O–H groups in total. The second kappa shape index (κ2) is 28.9. The molecule has 0 spiro atoms. The minimum absolute atomic E-state index is 0.0155. The molecule has 1 heterocycles. The predicted molar refractivity (Wildman–Crippen MR) is 258 cm³/mol. The van der Waals surface area contributed by atoms with Gasteiger partial charge in [-0.2, -0.15) is 0 Å². The van der Waals surface area contributed by atoms with Crippen molar-refractivity contribution < 1.29 is 71.1 Å². The molecule has 1 aliphatic rings. The number of carbonyl (C=O) groups excluding carboxylic acids is 8.